The third kappa shape index (κ3) is 2.47. The van der Waals surface area contributed by atoms with Gasteiger partial charge in [-0.1, -0.05) is 24.9 Å². The summed E-state index contributed by atoms with van der Waals surface area (Å²) in [6.45, 7) is 4.12. The van der Waals surface area contributed by atoms with E-state index in [1.54, 1.807) is 6.20 Å². The van der Waals surface area contributed by atoms with Crippen LogP contribution in [0.25, 0.3) is 0 Å². The minimum Gasteiger partial charge on any atom is -0.355 e. The fourth-order valence-electron chi connectivity index (χ4n) is 2.31. The molecule has 0 bridgehead atoms. The molecule has 2 N–H and O–H groups in total. The molecule has 0 saturated carbocycles. The first-order valence-corrected chi connectivity index (χ1v) is 6.20. The van der Waals surface area contributed by atoms with Gasteiger partial charge >= 0.3 is 0 Å². The van der Waals surface area contributed by atoms with Gasteiger partial charge in [0.05, 0.1) is 5.02 Å². The zero-order valence-electron chi connectivity index (χ0n) is 9.56. The summed E-state index contributed by atoms with van der Waals surface area (Å²) in [4.78, 5) is 6.58. The first kappa shape index (κ1) is 11.7. The molecule has 1 aromatic heterocycles. The highest BCUT2D eigenvalue weighted by atomic mass is 35.5. The lowest BCUT2D eigenvalue weighted by molar-refractivity contribution is 0.472. The molecule has 1 saturated heterocycles. The van der Waals surface area contributed by atoms with E-state index in [1.165, 1.54) is 12.8 Å². The van der Waals surface area contributed by atoms with Crippen LogP contribution in [0.3, 0.4) is 0 Å². The van der Waals surface area contributed by atoms with Gasteiger partial charge in [-0.05, 0) is 24.5 Å². The van der Waals surface area contributed by atoms with Crippen molar-refractivity contribution in [1.82, 2.24) is 4.98 Å². The number of aromatic nitrogens is 1. The molecule has 1 fully saturated rings. The Bertz CT molecular complexity index is 339. The van der Waals surface area contributed by atoms with Gasteiger partial charge in [0, 0.05) is 25.3 Å². The van der Waals surface area contributed by atoms with Gasteiger partial charge in [-0.2, -0.15) is 0 Å². The van der Waals surface area contributed by atoms with Crippen molar-refractivity contribution in [3.8, 4) is 0 Å². The summed E-state index contributed by atoms with van der Waals surface area (Å²) in [6, 6.07) is 4.11. The zero-order valence-corrected chi connectivity index (χ0v) is 10.3. The van der Waals surface area contributed by atoms with Crippen molar-refractivity contribution in [2.75, 3.05) is 18.0 Å². The summed E-state index contributed by atoms with van der Waals surface area (Å²) in [7, 11) is 0. The molecule has 16 heavy (non-hydrogen) atoms. The number of rotatable bonds is 3. The second-order valence-corrected chi connectivity index (χ2v) is 4.89. The number of nitrogens with two attached hydrogens (primary N) is 1. The molecule has 0 unspecified atom stereocenters. The Hall–Kier alpha value is -0.800. The van der Waals surface area contributed by atoms with E-state index in [9.17, 15) is 0 Å². The van der Waals surface area contributed by atoms with E-state index in [-0.39, 0.29) is 6.04 Å². The van der Waals surface area contributed by atoms with E-state index in [2.05, 4.69) is 16.8 Å². The largest absolute Gasteiger partial charge is 0.355 e. The van der Waals surface area contributed by atoms with Crippen molar-refractivity contribution in [3.05, 3.63) is 23.4 Å². The van der Waals surface area contributed by atoms with Crippen LogP contribution in [0.1, 0.15) is 19.8 Å². The summed E-state index contributed by atoms with van der Waals surface area (Å²) >= 11 is 5.82. The first-order valence-electron chi connectivity index (χ1n) is 5.82. The SMILES string of the molecule is CCC[C@@H]1CN(c2ccc(Cl)cn2)C[C@H]1N. The van der Waals surface area contributed by atoms with E-state index in [0.717, 1.165) is 18.9 Å². The van der Waals surface area contributed by atoms with Crippen molar-refractivity contribution < 1.29 is 0 Å². The Labute approximate surface area is 102 Å². The smallest absolute Gasteiger partial charge is 0.128 e. The Morgan fingerprint density at radius 1 is 1.50 bits per heavy atom. The number of nitrogens with zero attached hydrogens (tertiary/aromatic N) is 2. The van der Waals surface area contributed by atoms with Crippen molar-refractivity contribution in [3.63, 3.8) is 0 Å². The second kappa shape index (κ2) is 5.02. The molecule has 4 heteroatoms. The topological polar surface area (TPSA) is 42.2 Å². The highest BCUT2D eigenvalue weighted by Gasteiger charge is 2.29. The molecule has 1 aliphatic rings. The van der Waals surface area contributed by atoms with Crippen LogP contribution < -0.4 is 10.6 Å². The fourth-order valence-corrected chi connectivity index (χ4v) is 2.43. The third-order valence-corrected chi connectivity index (χ3v) is 3.41. The molecule has 3 nitrogen and oxygen atoms in total. The number of halogens is 1. The molecule has 88 valence electrons. The maximum absolute atomic E-state index is 6.13. The van der Waals surface area contributed by atoms with Crippen molar-refractivity contribution in [2.45, 2.75) is 25.8 Å². The van der Waals surface area contributed by atoms with E-state index >= 15 is 0 Å². The maximum atomic E-state index is 6.13. The lowest BCUT2D eigenvalue weighted by Gasteiger charge is -2.16. The quantitative estimate of drug-likeness (QED) is 0.880. The highest BCUT2D eigenvalue weighted by molar-refractivity contribution is 6.30. The first-order chi connectivity index (χ1) is 7.70. The number of pyridine rings is 1. The van der Waals surface area contributed by atoms with Crippen molar-refractivity contribution in [2.24, 2.45) is 11.7 Å². The summed E-state index contributed by atoms with van der Waals surface area (Å²) in [5, 5.41) is 0.678. The predicted molar refractivity (Wildman–Crippen MR) is 67.8 cm³/mol. The van der Waals surface area contributed by atoms with Crippen LogP contribution in [0.5, 0.6) is 0 Å². The van der Waals surface area contributed by atoms with Gasteiger partial charge in [-0.15, -0.1) is 0 Å². The van der Waals surface area contributed by atoms with E-state index < -0.39 is 0 Å². The van der Waals surface area contributed by atoms with Crippen LogP contribution in [0.15, 0.2) is 18.3 Å². The third-order valence-electron chi connectivity index (χ3n) is 3.19. The minimum absolute atomic E-state index is 0.275. The van der Waals surface area contributed by atoms with Gasteiger partial charge < -0.3 is 10.6 Å². The van der Waals surface area contributed by atoms with Gasteiger partial charge in [-0.25, -0.2) is 4.98 Å². The monoisotopic (exact) mass is 239 g/mol. The second-order valence-electron chi connectivity index (χ2n) is 4.45. The van der Waals surface area contributed by atoms with Crippen LogP contribution in [-0.2, 0) is 0 Å². The van der Waals surface area contributed by atoms with Crippen LogP contribution in [0, 0.1) is 5.92 Å². The Balaban J connectivity index is 2.04. The lowest BCUT2D eigenvalue weighted by Crippen LogP contribution is -2.29. The molecular weight excluding hydrogens is 222 g/mol. The summed E-state index contributed by atoms with van der Waals surface area (Å²) < 4.78 is 0. The Kier molecular flexibility index (Phi) is 3.66. The van der Waals surface area contributed by atoms with Crippen LogP contribution in [-0.4, -0.2) is 24.1 Å². The number of hydrogen-bond acceptors (Lipinski definition) is 3. The van der Waals surface area contributed by atoms with E-state index in [0.29, 0.717) is 10.9 Å². The van der Waals surface area contributed by atoms with Gasteiger partial charge in [0.25, 0.3) is 0 Å². The minimum atomic E-state index is 0.275. The zero-order chi connectivity index (χ0) is 11.5. The van der Waals surface area contributed by atoms with Gasteiger partial charge in [-0.3, -0.25) is 0 Å². The van der Waals surface area contributed by atoms with E-state index in [1.807, 2.05) is 12.1 Å². The maximum Gasteiger partial charge on any atom is 0.128 e. The van der Waals surface area contributed by atoms with Gasteiger partial charge in [0.2, 0.25) is 0 Å². The fraction of sp³-hybridized carbons (Fsp3) is 0.583. The van der Waals surface area contributed by atoms with Crippen LogP contribution in [0.2, 0.25) is 5.02 Å². The van der Waals surface area contributed by atoms with Crippen molar-refractivity contribution in [1.29, 1.82) is 0 Å². The Morgan fingerprint density at radius 3 is 2.94 bits per heavy atom. The molecule has 2 rings (SSSR count). The molecule has 0 radical (unpaired) electrons. The van der Waals surface area contributed by atoms with Crippen LogP contribution >= 0.6 is 11.6 Å². The summed E-state index contributed by atoms with van der Waals surface area (Å²) in [5.41, 5.74) is 6.13. The lowest BCUT2D eigenvalue weighted by atomic mass is 9.99. The summed E-state index contributed by atoms with van der Waals surface area (Å²) in [6.07, 6.45) is 4.08. The highest BCUT2D eigenvalue weighted by Crippen LogP contribution is 2.25. The molecule has 0 aliphatic carbocycles. The molecule has 2 atom stereocenters. The van der Waals surface area contributed by atoms with E-state index in [4.69, 9.17) is 17.3 Å². The van der Waals surface area contributed by atoms with Crippen LogP contribution in [0.4, 0.5) is 5.82 Å². The normalized spacial score (nSPS) is 25.1. The summed E-state index contributed by atoms with van der Waals surface area (Å²) in [5.74, 6) is 1.58. The molecule has 1 aliphatic heterocycles. The Morgan fingerprint density at radius 2 is 2.31 bits per heavy atom. The van der Waals surface area contributed by atoms with Gasteiger partial charge in [0.1, 0.15) is 5.82 Å². The molecule has 2 heterocycles. The average molecular weight is 240 g/mol. The molecule has 1 aromatic rings. The molecule has 0 aromatic carbocycles. The predicted octanol–water partition coefficient (Wildman–Crippen LogP) is 2.30. The number of hydrogen-bond donors (Lipinski definition) is 1. The molecular formula is C12H18ClN3. The molecule has 0 amide bonds. The van der Waals surface area contributed by atoms with Crippen molar-refractivity contribution >= 4 is 17.4 Å². The van der Waals surface area contributed by atoms with Gasteiger partial charge in [0.15, 0.2) is 0 Å². The molecule has 0 spiro atoms. The number of anilines is 1. The average Bonchev–Trinajstić information content (AvgIpc) is 2.62. The standard InChI is InChI=1S/C12H18ClN3/c1-2-3-9-7-16(8-11(9)14)12-5-4-10(13)6-15-12/h4-6,9,11H,2-3,7-8,14H2,1H3/t9-,11-/m1/s1.